The summed E-state index contributed by atoms with van der Waals surface area (Å²) in [6.45, 7) is 5.44. The Kier molecular flexibility index (Phi) is 4.00. The highest BCUT2D eigenvalue weighted by Crippen LogP contribution is 2.27. The predicted molar refractivity (Wildman–Crippen MR) is 72.1 cm³/mol. The molecule has 94 valence electrons. The van der Waals surface area contributed by atoms with Gasteiger partial charge in [0.15, 0.2) is 0 Å². The smallest absolute Gasteiger partial charge is 0.133 e. The van der Waals surface area contributed by atoms with E-state index in [2.05, 4.69) is 22.9 Å². The van der Waals surface area contributed by atoms with Crippen LogP contribution in [0.4, 0.5) is 5.82 Å². The molecule has 3 heteroatoms. The summed E-state index contributed by atoms with van der Waals surface area (Å²) in [6, 6.07) is 4.70. The summed E-state index contributed by atoms with van der Waals surface area (Å²) in [5.74, 6) is 1.09. The van der Waals surface area contributed by atoms with Crippen LogP contribution in [0.15, 0.2) is 18.3 Å². The summed E-state index contributed by atoms with van der Waals surface area (Å²) >= 11 is 0. The van der Waals surface area contributed by atoms with Crippen LogP contribution in [0.25, 0.3) is 0 Å². The first-order valence-corrected chi connectivity index (χ1v) is 6.67. The van der Waals surface area contributed by atoms with Crippen LogP contribution in [0.3, 0.4) is 0 Å². The summed E-state index contributed by atoms with van der Waals surface area (Å²) in [4.78, 5) is 7.00. The van der Waals surface area contributed by atoms with Crippen molar-refractivity contribution in [2.24, 2.45) is 5.73 Å². The van der Waals surface area contributed by atoms with Crippen LogP contribution >= 0.6 is 0 Å². The van der Waals surface area contributed by atoms with Crippen LogP contribution in [0.1, 0.15) is 51.1 Å². The molecule has 1 aromatic heterocycles. The number of nitrogens with zero attached hydrogens (tertiary/aromatic N) is 2. The van der Waals surface area contributed by atoms with E-state index >= 15 is 0 Å². The van der Waals surface area contributed by atoms with Crippen LogP contribution in [-0.2, 0) is 0 Å². The lowest BCUT2D eigenvalue weighted by Gasteiger charge is -2.30. The van der Waals surface area contributed by atoms with Crippen LogP contribution in [0, 0.1) is 0 Å². The first kappa shape index (κ1) is 12.4. The van der Waals surface area contributed by atoms with E-state index in [9.17, 15) is 0 Å². The SMILES string of the molecule is CC1CCCCCN1c1ncccc1[C@@H](C)N. The largest absolute Gasteiger partial charge is 0.354 e. The standard InChI is InChI=1S/C14H23N3/c1-11-7-4-3-5-10-17(11)14-13(12(2)15)8-6-9-16-14/h6,8-9,11-12H,3-5,7,10,15H2,1-2H3/t11?,12-/m1/s1. The molecule has 1 aliphatic rings. The highest BCUT2D eigenvalue weighted by Gasteiger charge is 2.21. The maximum absolute atomic E-state index is 6.04. The van der Waals surface area contributed by atoms with Gasteiger partial charge in [-0.05, 0) is 32.8 Å². The van der Waals surface area contributed by atoms with Gasteiger partial charge in [-0.15, -0.1) is 0 Å². The molecule has 2 N–H and O–H groups in total. The van der Waals surface area contributed by atoms with Gasteiger partial charge in [0, 0.05) is 30.4 Å². The topological polar surface area (TPSA) is 42.2 Å². The van der Waals surface area contributed by atoms with E-state index in [4.69, 9.17) is 5.73 Å². The van der Waals surface area contributed by atoms with E-state index in [1.807, 2.05) is 19.2 Å². The zero-order valence-electron chi connectivity index (χ0n) is 10.9. The van der Waals surface area contributed by atoms with E-state index in [1.165, 1.54) is 31.2 Å². The zero-order chi connectivity index (χ0) is 12.3. The van der Waals surface area contributed by atoms with Gasteiger partial charge in [0.2, 0.25) is 0 Å². The Bertz CT molecular complexity index is 362. The van der Waals surface area contributed by atoms with Gasteiger partial charge in [0.25, 0.3) is 0 Å². The van der Waals surface area contributed by atoms with Gasteiger partial charge in [-0.1, -0.05) is 18.9 Å². The molecule has 0 aromatic carbocycles. The lowest BCUT2D eigenvalue weighted by Crippen LogP contribution is -2.34. The lowest BCUT2D eigenvalue weighted by molar-refractivity contribution is 0.606. The van der Waals surface area contributed by atoms with E-state index in [1.54, 1.807) is 0 Å². The maximum Gasteiger partial charge on any atom is 0.133 e. The van der Waals surface area contributed by atoms with Crippen molar-refractivity contribution >= 4 is 5.82 Å². The van der Waals surface area contributed by atoms with Crippen molar-refractivity contribution < 1.29 is 0 Å². The van der Waals surface area contributed by atoms with Gasteiger partial charge >= 0.3 is 0 Å². The van der Waals surface area contributed by atoms with Gasteiger partial charge in [0.1, 0.15) is 5.82 Å². The highest BCUT2D eigenvalue weighted by molar-refractivity contribution is 5.49. The minimum absolute atomic E-state index is 0.0501. The summed E-state index contributed by atoms with van der Waals surface area (Å²) in [5, 5.41) is 0. The fourth-order valence-corrected chi connectivity index (χ4v) is 2.59. The molecule has 2 heterocycles. The second kappa shape index (κ2) is 5.50. The number of nitrogens with two attached hydrogens (primary N) is 1. The van der Waals surface area contributed by atoms with E-state index in [-0.39, 0.29) is 6.04 Å². The summed E-state index contributed by atoms with van der Waals surface area (Å²) in [6.07, 6.45) is 7.06. The van der Waals surface area contributed by atoms with E-state index in [0.29, 0.717) is 6.04 Å². The van der Waals surface area contributed by atoms with Crippen molar-refractivity contribution in [3.05, 3.63) is 23.9 Å². The summed E-state index contributed by atoms with van der Waals surface area (Å²) in [7, 11) is 0. The second-order valence-corrected chi connectivity index (χ2v) is 5.10. The Morgan fingerprint density at radius 2 is 2.24 bits per heavy atom. The van der Waals surface area contributed by atoms with Crippen molar-refractivity contribution in [1.29, 1.82) is 0 Å². The molecule has 1 aliphatic heterocycles. The minimum Gasteiger partial charge on any atom is -0.354 e. The molecule has 2 rings (SSSR count). The molecule has 0 aliphatic carbocycles. The summed E-state index contributed by atoms with van der Waals surface area (Å²) in [5.41, 5.74) is 7.21. The lowest BCUT2D eigenvalue weighted by atomic mass is 10.1. The van der Waals surface area contributed by atoms with Crippen LogP contribution in [-0.4, -0.2) is 17.6 Å². The van der Waals surface area contributed by atoms with E-state index < -0.39 is 0 Å². The third-order valence-electron chi connectivity index (χ3n) is 3.63. The quantitative estimate of drug-likeness (QED) is 0.854. The first-order valence-electron chi connectivity index (χ1n) is 6.67. The minimum atomic E-state index is 0.0501. The van der Waals surface area contributed by atoms with Crippen molar-refractivity contribution in [2.75, 3.05) is 11.4 Å². The number of aromatic nitrogens is 1. The molecule has 1 saturated heterocycles. The Morgan fingerprint density at radius 1 is 1.41 bits per heavy atom. The van der Waals surface area contributed by atoms with Crippen LogP contribution in [0.2, 0.25) is 0 Å². The molecule has 2 atom stereocenters. The number of hydrogen-bond acceptors (Lipinski definition) is 3. The number of pyridine rings is 1. The molecule has 1 fully saturated rings. The maximum atomic E-state index is 6.04. The van der Waals surface area contributed by atoms with E-state index in [0.717, 1.165) is 12.4 Å². The number of anilines is 1. The molecule has 1 aromatic rings. The van der Waals surface area contributed by atoms with Crippen molar-refractivity contribution in [1.82, 2.24) is 4.98 Å². The van der Waals surface area contributed by atoms with Crippen molar-refractivity contribution in [3.8, 4) is 0 Å². The third-order valence-corrected chi connectivity index (χ3v) is 3.63. The highest BCUT2D eigenvalue weighted by atomic mass is 15.2. The van der Waals surface area contributed by atoms with Crippen molar-refractivity contribution in [2.45, 2.75) is 51.6 Å². The van der Waals surface area contributed by atoms with Gasteiger partial charge in [-0.25, -0.2) is 4.98 Å². The van der Waals surface area contributed by atoms with Gasteiger partial charge in [-0.2, -0.15) is 0 Å². The fourth-order valence-electron chi connectivity index (χ4n) is 2.59. The molecule has 3 nitrogen and oxygen atoms in total. The molecule has 0 radical (unpaired) electrons. The Morgan fingerprint density at radius 3 is 3.00 bits per heavy atom. The Hall–Kier alpha value is -1.09. The molecule has 17 heavy (non-hydrogen) atoms. The Labute approximate surface area is 104 Å². The molecular formula is C14H23N3. The summed E-state index contributed by atoms with van der Waals surface area (Å²) < 4.78 is 0. The monoisotopic (exact) mass is 233 g/mol. The van der Waals surface area contributed by atoms with Gasteiger partial charge < -0.3 is 10.6 Å². The Balaban J connectivity index is 2.30. The zero-order valence-corrected chi connectivity index (χ0v) is 10.9. The third kappa shape index (κ3) is 2.78. The molecule has 0 spiro atoms. The normalized spacial score (nSPS) is 23.2. The van der Waals surface area contributed by atoms with Crippen LogP contribution < -0.4 is 10.6 Å². The predicted octanol–water partition coefficient (Wildman–Crippen LogP) is 2.87. The van der Waals surface area contributed by atoms with Crippen molar-refractivity contribution in [3.63, 3.8) is 0 Å². The number of rotatable bonds is 2. The average molecular weight is 233 g/mol. The van der Waals surface area contributed by atoms with Gasteiger partial charge in [-0.3, -0.25) is 0 Å². The second-order valence-electron chi connectivity index (χ2n) is 5.10. The molecular weight excluding hydrogens is 210 g/mol. The molecule has 0 saturated carbocycles. The number of hydrogen-bond donors (Lipinski definition) is 1. The molecule has 0 bridgehead atoms. The van der Waals surface area contributed by atoms with Crippen LogP contribution in [0.5, 0.6) is 0 Å². The van der Waals surface area contributed by atoms with Gasteiger partial charge in [0.05, 0.1) is 0 Å². The average Bonchev–Trinajstić information content (AvgIpc) is 2.54. The molecule has 1 unspecified atom stereocenters. The first-order chi connectivity index (χ1) is 8.20. The molecule has 0 amide bonds. The fraction of sp³-hybridized carbons (Fsp3) is 0.643.